The van der Waals surface area contributed by atoms with Gasteiger partial charge in [-0.05, 0) is 55.8 Å². The number of benzene rings is 2. The van der Waals surface area contributed by atoms with E-state index in [9.17, 15) is 9.59 Å². The van der Waals surface area contributed by atoms with Crippen LogP contribution in [0.5, 0.6) is 0 Å². The molecule has 0 radical (unpaired) electrons. The molecule has 6 heteroatoms. The van der Waals surface area contributed by atoms with Crippen molar-refractivity contribution in [1.29, 1.82) is 0 Å². The maximum atomic E-state index is 12.4. The van der Waals surface area contributed by atoms with Crippen molar-refractivity contribution in [3.05, 3.63) is 76.0 Å². The van der Waals surface area contributed by atoms with Crippen molar-refractivity contribution in [1.82, 2.24) is 0 Å². The second-order valence-electron chi connectivity index (χ2n) is 5.83. The number of urea groups is 1. The van der Waals surface area contributed by atoms with E-state index in [2.05, 4.69) is 16.0 Å². The van der Waals surface area contributed by atoms with Crippen LogP contribution < -0.4 is 16.0 Å². The Labute approximate surface area is 156 Å². The van der Waals surface area contributed by atoms with E-state index < -0.39 is 0 Å². The van der Waals surface area contributed by atoms with Crippen LogP contribution in [0.2, 0.25) is 0 Å². The first kappa shape index (κ1) is 17.7. The minimum absolute atomic E-state index is 0.155. The summed E-state index contributed by atoms with van der Waals surface area (Å²) in [6, 6.07) is 17.8. The normalized spacial score (nSPS) is 10.2. The van der Waals surface area contributed by atoms with Gasteiger partial charge in [0.2, 0.25) is 0 Å². The van der Waals surface area contributed by atoms with Gasteiger partial charge in [0, 0.05) is 21.9 Å². The molecule has 132 valence electrons. The average molecular weight is 365 g/mol. The Morgan fingerprint density at radius 1 is 0.769 bits per heavy atom. The number of rotatable bonds is 4. The van der Waals surface area contributed by atoms with Gasteiger partial charge in [0.25, 0.3) is 5.91 Å². The number of para-hydroxylation sites is 1. The predicted molar refractivity (Wildman–Crippen MR) is 107 cm³/mol. The van der Waals surface area contributed by atoms with Gasteiger partial charge in [0.15, 0.2) is 0 Å². The third-order valence-corrected chi connectivity index (χ3v) is 4.95. The van der Waals surface area contributed by atoms with Crippen LogP contribution in [0.4, 0.5) is 21.9 Å². The second-order valence-corrected chi connectivity index (χ2v) is 7.09. The number of anilines is 3. The number of nitrogens with one attached hydrogen (secondary N) is 3. The molecule has 0 aliphatic rings. The van der Waals surface area contributed by atoms with E-state index in [-0.39, 0.29) is 11.9 Å². The van der Waals surface area contributed by atoms with Gasteiger partial charge in [0.1, 0.15) is 0 Å². The van der Waals surface area contributed by atoms with Crippen molar-refractivity contribution in [2.75, 3.05) is 16.0 Å². The zero-order valence-electron chi connectivity index (χ0n) is 14.5. The van der Waals surface area contributed by atoms with Crippen LogP contribution in [0.15, 0.2) is 60.7 Å². The maximum absolute atomic E-state index is 12.4. The smallest absolute Gasteiger partial charge is 0.321 e. The van der Waals surface area contributed by atoms with Crippen molar-refractivity contribution < 1.29 is 9.59 Å². The molecule has 0 saturated carbocycles. The molecule has 5 nitrogen and oxygen atoms in total. The molecule has 3 N–H and O–H groups in total. The summed E-state index contributed by atoms with van der Waals surface area (Å²) in [5.74, 6) is -0.155. The van der Waals surface area contributed by atoms with Crippen molar-refractivity contribution in [3.63, 3.8) is 0 Å². The summed E-state index contributed by atoms with van der Waals surface area (Å²) in [7, 11) is 0. The lowest BCUT2D eigenvalue weighted by Crippen LogP contribution is -2.19. The summed E-state index contributed by atoms with van der Waals surface area (Å²) < 4.78 is 0. The minimum atomic E-state index is -0.343. The predicted octanol–water partition coefficient (Wildman–Crippen LogP) is 5.26. The maximum Gasteiger partial charge on any atom is 0.323 e. The largest absolute Gasteiger partial charge is 0.323 e. The van der Waals surface area contributed by atoms with E-state index in [1.807, 2.05) is 38.1 Å². The highest BCUT2D eigenvalue weighted by atomic mass is 32.1. The molecule has 3 amide bonds. The molecule has 0 spiro atoms. The van der Waals surface area contributed by atoms with Crippen LogP contribution in [-0.2, 0) is 0 Å². The van der Waals surface area contributed by atoms with E-state index in [0.717, 1.165) is 10.4 Å². The number of hydrogen-bond donors (Lipinski definition) is 3. The van der Waals surface area contributed by atoms with Gasteiger partial charge in [-0.3, -0.25) is 4.79 Å². The van der Waals surface area contributed by atoms with E-state index in [0.29, 0.717) is 21.9 Å². The Kier molecular flexibility index (Phi) is 5.34. The molecule has 0 atom stereocenters. The zero-order chi connectivity index (χ0) is 18.5. The van der Waals surface area contributed by atoms with Crippen molar-refractivity contribution in [3.8, 4) is 0 Å². The quantitative estimate of drug-likeness (QED) is 0.590. The van der Waals surface area contributed by atoms with Crippen LogP contribution in [0.25, 0.3) is 0 Å². The van der Waals surface area contributed by atoms with E-state index in [4.69, 9.17) is 0 Å². The number of hydrogen-bond acceptors (Lipinski definition) is 3. The van der Waals surface area contributed by atoms with Crippen LogP contribution in [0.3, 0.4) is 0 Å². The summed E-state index contributed by atoms with van der Waals surface area (Å²) in [6.45, 7) is 3.98. The summed E-state index contributed by atoms with van der Waals surface area (Å²) >= 11 is 1.47. The number of amides is 3. The van der Waals surface area contributed by atoms with Crippen molar-refractivity contribution in [2.24, 2.45) is 0 Å². The molecule has 26 heavy (non-hydrogen) atoms. The topological polar surface area (TPSA) is 70.2 Å². The van der Waals surface area contributed by atoms with Gasteiger partial charge in [-0.2, -0.15) is 0 Å². The molecule has 3 rings (SSSR count). The lowest BCUT2D eigenvalue weighted by atomic mass is 10.2. The molecule has 0 bridgehead atoms. The van der Waals surface area contributed by atoms with E-state index in [1.165, 1.54) is 11.3 Å². The van der Waals surface area contributed by atoms with Gasteiger partial charge in [0.05, 0.1) is 4.88 Å². The first-order chi connectivity index (χ1) is 12.5. The SMILES string of the molecule is Cc1cc(C(=O)Nc2cccc(NC(=O)Nc3ccccc3)c2)sc1C. The molecule has 0 aliphatic heterocycles. The third kappa shape index (κ3) is 4.49. The number of thiophene rings is 1. The van der Waals surface area contributed by atoms with E-state index in [1.54, 1.807) is 36.4 Å². The minimum Gasteiger partial charge on any atom is -0.321 e. The van der Waals surface area contributed by atoms with E-state index >= 15 is 0 Å². The zero-order valence-corrected chi connectivity index (χ0v) is 15.3. The second kappa shape index (κ2) is 7.84. The molecule has 1 aromatic heterocycles. The van der Waals surface area contributed by atoms with Gasteiger partial charge >= 0.3 is 6.03 Å². The average Bonchev–Trinajstić information content (AvgIpc) is 2.95. The molecule has 0 saturated heterocycles. The molecule has 3 aromatic rings. The molecular weight excluding hydrogens is 346 g/mol. The van der Waals surface area contributed by atoms with Crippen LogP contribution in [-0.4, -0.2) is 11.9 Å². The fourth-order valence-corrected chi connectivity index (χ4v) is 3.30. The Balaban J connectivity index is 1.64. The lowest BCUT2D eigenvalue weighted by Gasteiger charge is -2.09. The summed E-state index contributed by atoms with van der Waals surface area (Å²) in [5, 5.41) is 8.37. The van der Waals surface area contributed by atoms with Gasteiger partial charge in [-0.15, -0.1) is 11.3 Å². The first-order valence-electron chi connectivity index (χ1n) is 8.13. The Hall–Kier alpha value is -3.12. The molecule has 0 fully saturated rings. The number of carbonyl (C=O) groups is 2. The highest BCUT2D eigenvalue weighted by Crippen LogP contribution is 2.22. The third-order valence-electron chi connectivity index (χ3n) is 3.80. The standard InChI is InChI=1S/C20H19N3O2S/c1-13-11-18(26-14(13)2)19(24)21-16-9-6-10-17(12-16)23-20(25)22-15-7-4-3-5-8-15/h3-12H,1-2H3,(H,21,24)(H2,22,23,25). The fraction of sp³-hybridized carbons (Fsp3) is 0.100. The highest BCUT2D eigenvalue weighted by molar-refractivity contribution is 7.14. The monoisotopic (exact) mass is 365 g/mol. The molecule has 1 heterocycles. The van der Waals surface area contributed by atoms with Crippen molar-refractivity contribution >= 4 is 40.3 Å². The number of aryl methyl sites for hydroxylation is 2. The molecule has 2 aromatic carbocycles. The summed E-state index contributed by atoms with van der Waals surface area (Å²) in [4.78, 5) is 26.2. The Morgan fingerprint density at radius 2 is 1.38 bits per heavy atom. The lowest BCUT2D eigenvalue weighted by molar-refractivity contribution is 0.103. The first-order valence-corrected chi connectivity index (χ1v) is 8.94. The summed E-state index contributed by atoms with van der Waals surface area (Å²) in [6.07, 6.45) is 0. The Bertz CT molecular complexity index is 916. The number of carbonyl (C=O) groups excluding carboxylic acids is 2. The van der Waals surface area contributed by atoms with Gasteiger partial charge in [-0.1, -0.05) is 24.3 Å². The summed E-state index contributed by atoms with van der Waals surface area (Å²) in [5.41, 5.74) is 3.03. The van der Waals surface area contributed by atoms with Crippen LogP contribution in [0.1, 0.15) is 20.1 Å². The van der Waals surface area contributed by atoms with Crippen molar-refractivity contribution in [2.45, 2.75) is 13.8 Å². The highest BCUT2D eigenvalue weighted by Gasteiger charge is 2.11. The fourth-order valence-electron chi connectivity index (χ4n) is 2.37. The Morgan fingerprint density at radius 3 is 2.04 bits per heavy atom. The molecule has 0 unspecified atom stereocenters. The van der Waals surface area contributed by atoms with Gasteiger partial charge in [-0.25, -0.2) is 4.79 Å². The molecular formula is C20H19N3O2S. The van der Waals surface area contributed by atoms with Crippen LogP contribution in [0, 0.1) is 13.8 Å². The van der Waals surface area contributed by atoms with Crippen LogP contribution >= 0.6 is 11.3 Å². The molecule has 0 aliphatic carbocycles. The van der Waals surface area contributed by atoms with Gasteiger partial charge < -0.3 is 16.0 Å².